The lowest BCUT2D eigenvalue weighted by molar-refractivity contribution is -0.155. The Bertz CT molecular complexity index is 152. The predicted molar refractivity (Wildman–Crippen MR) is 48.6 cm³/mol. The number of nitrogens with zero attached hydrogens (tertiary/aromatic N) is 1. The van der Waals surface area contributed by atoms with Crippen molar-refractivity contribution in [3.8, 4) is 0 Å². The summed E-state index contributed by atoms with van der Waals surface area (Å²) in [6.45, 7) is 4.46. The summed E-state index contributed by atoms with van der Waals surface area (Å²) in [6, 6.07) is 0. The van der Waals surface area contributed by atoms with Crippen molar-refractivity contribution in [3.63, 3.8) is 0 Å². The second-order valence-corrected chi connectivity index (χ2v) is 2.11. The molecule has 0 aliphatic rings. The number of hydrogen-bond donors (Lipinski definition) is 0. The number of hydrogen-bond acceptors (Lipinski definition) is 4. The van der Waals surface area contributed by atoms with Crippen LogP contribution in [0.1, 0.15) is 13.8 Å². The van der Waals surface area contributed by atoms with Crippen molar-refractivity contribution < 1.29 is 14.4 Å². The lowest BCUT2D eigenvalue weighted by Crippen LogP contribution is -2.29. The highest BCUT2D eigenvalue weighted by molar-refractivity contribution is 7.78. The second-order valence-electron chi connectivity index (χ2n) is 1.90. The van der Waals surface area contributed by atoms with Crippen molar-refractivity contribution >= 4 is 23.7 Å². The van der Waals surface area contributed by atoms with E-state index in [2.05, 4.69) is 12.2 Å². The molecule has 0 atom stereocenters. The Labute approximate surface area is 77.4 Å². The highest BCUT2D eigenvalue weighted by Crippen LogP contribution is 1.88. The predicted octanol–water partition coefficient (Wildman–Crippen LogP) is 0.760. The van der Waals surface area contributed by atoms with Crippen LogP contribution in [0.4, 0.5) is 0 Å². The largest absolute Gasteiger partial charge is 0.465 e. The highest BCUT2D eigenvalue weighted by atomic mass is 32.1. The minimum Gasteiger partial charge on any atom is -0.465 e. The first-order chi connectivity index (χ1) is 5.74. The topological polar surface area (TPSA) is 38.8 Å². The second kappa shape index (κ2) is 7.00. The van der Waals surface area contributed by atoms with Crippen LogP contribution in [0.5, 0.6) is 0 Å². The van der Waals surface area contributed by atoms with Gasteiger partial charge in [0, 0.05) is 0 Å². The normalized spacial score (nSPS) is 9.17. The first-order valence-corrected chi connectivity index (χ1v) is 4.22. The summed E-state index contributed by atoms with van der Waals surface area (Å²) >= 11 is 4.61. The van der Waals surface area contributed by atoms with Gasteiger partial charge in [0.05, 0.1) is 18.7 Å². The third kappa shape index (κ3) is 5.03. The molecule has 4 nitrogen and oxygen atoms in total. The molecule has 0 aliphatic carbocycles. The molecule has 0 N–H and O–H groups in total. The van der Waals surface area contributed by atoms with Gasteiger partial charge in [0.1, 0.15) is 6.54 Å². The Kier molecular flexibility index (Phi) is 6.60. The molecule has 0 aromatic carbocycles. The van der Waals surface area contributed by atoms with E-state index >= 15 is 0 Å². The quantitative estimate of drug-likeness (QED) is 0.352. The minimum atomic E-state index is -0.341. The molecule has 0 aliphatic heterocycles. The molecule has 12 heavy (non-hydrogen) atoms. The van der Waals surface area contributed by atoms with Crippen LogP contribution >= 0.6 is 12.2 Å². The molecule has 5 heteroatoms. The molecule has 0 aromatic rings. The van der Waals surface area contributed by atoms with Crippen molar-refractivity contribution in [3.05, 3.63) is 0 Å². The lowest BCUT2D eigenvalue weighted by atomic mass is 10.6. The van der Waals surface area contributed by atoms with Gasteiger partial charge in [-0.3, -0.25) is 9.63 Å². The van der Waals surface area contributed by atoms with E-state index in [4.69, 9.17) is 9.57 Å². The highest BCUT2D eigenvalue weighted by Gasteiger charge is 2.07. The van der Waals surface area contributed by atoms with Crippen molar-refractivity contribution in [1.82, 2.24) is 5.06 Å². The fourth-order valence-corrected chi connectivity index (χ4v) is 0.748. The molecule has 0 saturated carbocycles. The number of carbonyl (C=O) groups excluding carboxylic acids is 1. The number of esters is 1. The summed E-state index contributed by atoms with van der Waals surface area (Å²) in [4.78, 5) is 15.9. The van der Waals surface area contributed by atoms with Crippen LogP contribution in [0.15, 0.2) is 0 Å². The molecule has 70 valence electrons. The molecular weight excluding hydrogens is 178 g/mol. The summed E-state index contributed by atoms with van der Waals surface area (Å²) in [6.07, 6.45) is 0. The SMILES string of the molecule is CCOC(=O)CN(C=S)OCC. The number of ether oxygens (including phenoxy) is 1. The molecule has 0 heterocycles. The first-order valence-electron chi connectivity index (χ1n) is 3.75. The Balaban J connectivity index is 3.68. The van der Waals surface area contributed by atoms with E-state index in [1.54, 1.807) is 6.92 Å². The van der Waals surface area contributed by atoms with E-state index in [-0.39, 0.29) is 12.5 Å². The van der Waals surface area contributed by atoms with Crippen molar-refractivity contribution in [1.29, 1.82) is 0 Å². The number of thiocarbonyl (C=S) groups is 1. The maximum absolute atomic E-state index is 10.9. The van der Waals surface area contributed by atoms with Gasteiger partial charge < -0.3 is 4.74 Å². The molecular formula is C7H13NO3S. The summed E-state index contributed by atoms with van der Waals surface area (Å²) in [5.74, 6) is -0.341. The molecule has 0 unspecified atom stereocenters. The third-order valence-electron chi connectivity index (χ3n) is 1.00. The molecule has 0 rings (SSSR count). The van der Waals surface area contributed by atoms with E-state index in [9.17, 15) is 4.79 Å². The molecule has 0 aromatic heterocycles. The van der Waals surface area contributed by atoms with E-state index in [1.165, 1.54) is 10.6 Å². The minimum absolute atomic E-state index is 0.0468. The summed E-state index contributed by atoms with van der Waals surface area (Å²) < 4.78 is 4.69. The first kappa shape index (κ1) is 11.3. The molecule has 0 saturated heterocycles. The average molecular weight is 191 g/mol. The van der Waals surface area contributed by atoms with Gasteiger partial charge in [0.2, 0.25) is 0 Å². The van der Waals surface area contributed by atoms with E-state index in [0.29, 0.717) is 13.2 Å². The maximum Gasteiger partial charge on any atom is 0.328 e. The van der Waals surface area contributed by atoms with Gasteiger partial charge in [-0.1, -0.05) is 12.2 Å². The third-order valence-corrected chi connectivity index (χ3v) is 1.24. The van der Waals surface area contributed by atoms with Crippen LogP contribution in [-0.2, 0) is 14.4 Å². The fourth-order valence-electron chi connectivity index (χ4n) is 0.613. The maximum atomic E-state index is 10.9. The molecule has 0 amide bonds. The smallest absolute Gasteiger partial charge is 0.328 e. The van der Waals surface area contributed by atoms with Crippen LogP contribution in [-0.4, -0.2) is 36.3 Å². The van der Waals surface area contributed by atoms with Crippen molar-refractivity contribution in [2.75, 3.05) is 19.8 Å². The van der Waals surface area contributed by atoms with Gasteiger partial charge in [-0.2, -0.15) is 0 Å². The van der Waals surface area contributed by atoms with Crippen molar-refractivity contribution in [2.45, 2.75) is 13.8 Å². The van der Waals surface area contributed by atoms with E-state index in [0.717, 1.165) is 0 Å². The van der Waals surface area contributed by atoms with E-state index in [1.807, 2.05) is 6.92 Å². The zero-order chi connectivity index (χ0) is 9.40. The zero-order valence-electron chi connectivity index (χ0n) is 7.28. The van der Waals surface area contributed by atoms with Gasteiger partial charge in [0.15, 0.2) is 0 Å². The molecule has 0 radical (unpaired) electrons. The number of rotatable bonds is 6. The average Bonchev–Trinajstić information content (AvgIpc) is 2.04. The monoisotopic (exact) mass is 191 g/mol. The fraction of sp³-hybridized carbons (Fsp3) is 0.714. The van der Waals surface area contributed by atoms with Crippen LogP contribution < -0.4 is 0 Å². The molecule has 0 bridgehead atoms. The standard InChI is InChI=1S/C7H13NO3S/c1-3-10-7(9)5-8(6-12)11-4-2/h6H,3-5H2,1-2H3. The number of hydroxylamine groups is 2. The number of carbonyl (C=O) groups is 1. The Morgan fingerprint density at radius 3 is 2.58 bits per heavy atom. The van der Waals surface area contributed by atoms with Crippen molar-refractivity contribution in [2.24, 2.45) is 0 Å². The van der Waals surface area contributed by atoms with Crippen LogP contribution in [0, 0.1) is 0 Å². The summed E-state index contributed by atoms with van der Waals surface area (Å²) in [5, 5.41) is 1.27. The summed E-state index contributed by atoms with van der Waals surface area (Å²) in [5.41, 5.74) is 1.28. The zero-order valence-corrected chi connectivity index (χ0v) is 8.10. The Morgan fingerprint density at radius 2 is 2.17 bits per heavy atom. The van der Waals surface area contributed by atoms with Crippen LogP contribution in [0.2, 0.25) is 0 Å². The summed E-state index contributed by atoms with van der Waals surface area (Å²) in [7, 11) is 0. The van der Waals surface area contributed by atoms with E-state index < -0.39 is 0 Å². The van der Waals surface area contributed by atoms with Gasteiger partial charge in [-0.05, 0) is 13.8 Å². The molecule has 0 fully saturated rings. The molecule has 0 spiro atoms. The lowest BCUT2D eigenvalue weighted by Gasteiger charge is -2.15. The van der Waals surface area contributed by atoms with Gasteiger partial charge in [-0.15, -0.1) is 0 Å². The van der Waals surface area contributed by atoms with Crippen LogP contribution in [0.3, 0.4) is 0 Å². The van der Waals surface area contributed by atoms with Gasteiger partial charge in [0.25, 0.3) is 0 Å². The Morgan fingerprint density at radius 1 is 1.50 bits per heavy atom. The van der Waals surface area contributed by atoms with Gasteiger partial charge >= 0.3 is 5.97 Å². The van der Waals surface area contributed by atoms with Gasteiger partial charge in [-0.25, -0.2) is 5.06 Å². The Hall–Kier alpha value is -0.680. The van der Waals surface area contributed by atoms with Crippen LogP contribution in [0.25, 0.3) is 0 Å².